The molecule has 1 aromatic rings. The predicted molar refractivity (Wildman–Crippen MR) is 64.3 cm³/mol. The first-order chi connectivity index (χ1) is 7.10. The number of rotatable bonds is 4. The molecule has 0 amide bonds. The zero-order chi connectivity index (χ0) is 11.4. The number of alkyl halides is 1. The van der Waals surface area contributed by atoms with Crippen molar-refractivity contribution < 1.29 is 9.13 Å². The van der Waals surface area contributed by atoms with Gasteiger partial charge in [-0.2, -0.15) is 0 Å². The Hall–Kier alpha value is -0.570. The molecule has 0 saturated carbocycles. The van der Waals surface area contributed by atoms with E-state index in [1.807, 2.05) is 0 Å². The van der Waals surface area contributed by atoms with Crippen LogP contribution in [0.2, 0.25) is 0 Å². The van der Waals surface area contributed by atoms with Crippen LogP contribution in [0.4, 0.5) is 4.39 Å². The van der Waals surface area contributed by atoms with E-state index in [0.29, 0.717) is 5.92 Å². The topological polar surface area (TPSA) is 9.23 Å². The molecule has 0 saturated heterocycles. The van der Waals surface area contributed by atoms with Crippen molar-refractivity contribution in [1.29, 1.82) is 0 Å². The Morgan fingerprint density at radius 2 is 2.07 bits per heavy atom. The van der Waals surface area contributed by atoms with Crippen molar-refractivity contribution in [2.75, 3.05) is 12.4 Å². The Labute approximate surface area is 98.8 Å². The number of hydrogen-bond acceptors (Lipinski definition) is 1. The van der Waals surface area contributed by atoms with E-state index in [-0.39, 0.29) is 11.7 Å². The van der Waals surface area contributed by atoms with Gasteiger partial charge < -0.3 is 4.74 Å². The van der Waals surface area contributed by atoms with Crippen LogP contribution < -0.4 is 4.74 Å². The Bertz CT molecular complexity index is 325. The summed E-state index contributed by atoms with van der Waals surface area (Å²) in [7, 11) is 1.61. The second kappa shape index (κ2) is 5.50. The molecule has 0 heterocycles. The van der Waals surface area contributed by atoms with E-state index < -0.39 is 0 Å². The van der Waals surface area contributed by atoms with E-state index in [9.17, 15) is 4.39 Å². The highest BCUT2D eigenvalue weighted by atomic mass is 79.9. The van der Waals surface area contributed by atoms with Gasteiger partial charge in [0.25, 0.3) is 0 Å². The van der Waals surface area contributed by atoms with Gasteiger partial charge >= 0.3 is 0 Å². The van der Waals surface area contributed by atoms with Gasteiger partial charge in [0.15, 0.2) is 0 Å². The second-order valence-electron chi connectivity index (χ2n) is 3.89. The quantitative estimate of drug-likeness (QED) is 0.755. The summed E-state index contributed by atoms with van der Waals surface area (Å²) in [6.07, 6.45) is 0. The van der Waals surface area contributed by atoms with E-state index in [1.54, 1.807) is 19.2 Å². The molecule has 0 aliphatic rings. The largest absolute Gasteiger partial charge is 0.496 e. The lowest BCUT2D eigenvalue weighted by Crippen LogP contribution is -2.10. The molecule has 0 bridgehead atoms. The minimum atomic E-state index is -0.211. The maximum atomic E-state index is 13.2. The van der Waals surface area contributed by atoms with Crippen molar-refractivity contribution in [3.05, 3.63) is 29.6 Å². The zero-order valence-corrected chi connectivity index (χ0v) is 10.8. The molecule has 1 nitrogen and oxygen atoms in total. The molecule has 0 N–H and O–H groups in total. The first-order valence-corrected chi connectivity index (χ1v) is 6.11. The molecule has 0 aliphatic heterocycles. The highest BCUT2D eigenvalue weighted by Crippen LogP contribution is 2.33. The van der Waals surface area contributed by atoms with Crippen LogP contribution in [0.3, 0.4) is 0 Å². The SMILES string of the molecule is COc1ccc(F)cc1C(CBr)C(C)C. The molecule has 84 valence electrons. The van der Waals surface area contributed by atoms with Crippen LogP contribution >= 0.6 is 15.9 Å². The van der Waals surface area contributed by atoms with Gasteiger partial charge in [0, 0.05) is 10.9 Å². The van der Waals surface area contributed by atoms with E-state index in [2.05, 4.69) is 29.8 Å². The summed E-state index contributed by atoms with van der Waals surface area (Å²) in [5.74, 6) is 1.27. The summed E-state index contributed by atoms with van der Waals surface area (Å²) in [6, 6.07) is 4.67. The zero-order valence-electron chi connectivity index (χ0n) is 9.26. The van der Waals surface area contributed by atoms with Crippen molar-refractivity contribution in [3.8, 4) is 5.75 Å². The molecule has 1 atom stereocenters. The number of ether oxygens (including phenoxy) is 1. The van der Waals surface area contributed by atoms with Crippen LogP contribution in [0.5, 0.6) is 5.75 Å². The Balaban J connectivity index is 3.13. The molecule has 1 rings (SSSR count). The minimum Gasteiger partial charge on any atom is -0.496 e. The van der Waals surface area contributed by atoms with Crippen molar-refractivity contribution in [2.45, 2.75) is 19.8 Å². The van der Waals surface area contributed by atoms with E-state index >= 15 is 0 Å². The average Bonchev–Trinajstić information content (AvgIpc) is 2.18. The smallest absolute Gasteiger partial charge is 0.123 e. The van der Waals surface area contributed by atoms with Crippen LogP contribution in [-0.2, 0) is 0 Å². The third-order valence-corrected chi connectivity index (χ3v) is 3.26. The fourth-order valence-corrected chi connectivity index (χ4v) is 2.71. The van der Waals surface area contributed by atoms with E-state index in [1.165, 1.54) is 6.07 Å². The number of methoxy groups -OCH3 is 1. The third-order valence-electron chi connectivity index (χ3n) is 2.56. The van der Waals surface area contributed by atoms with Crippen LogP contribution in [0.1, 0.15) is 25.3 Å². The molecule has 1 aromatic carbocycles. The highest BCUT2D eigenvalue weighted by Gasteiger charge is 2.19. The maximum Gasteiger partial charge on any atom is 0.123 e. The molecule has 0 radical (unpaired) electrons. The van der Waals surface area contributed by atoms with E-state index in [4.69, 9.17) is 4.74 Å². The minimum absolute atomic E-state index is 0.211. The number of hydrogen-bond donors (Lipinski definition) is 0. The monoisotopic (exact) mass is 274 g/mol. The fourth-order valence-electron chi connectivity index (χ4n) is 1.62. The molecule has 3 heteroatoms. The normalized spacial score (nSPS) is 12.9. The highest BCUT2D eigenvalue weighted by molar-refractivity contribution is 9.09. The lowest BCUT2D eigenvalue weighted by Gasteiger charge is -2.21. The van der Waals surface area contributed by atoms with Gasteiger partial charge in [0.1, 0.15) is 11.6 Å². The molecule has 0 aromatic heterocycles. The van der Waals surface area contributed by atoms with Crippen LogP contribution in [0.25, 0.3) is 0 Å². The van der Waals surface area contributed by atoms with Crippen LogP contribution in [-0.4, -0.2) is 12.4 Å². The average molecular weight is 275 g/mol. The standard InChI is InChI=1S/C12H16BrFO/c1-8(2)11(7-13)10-6-9(14)4-5-12(10)15-3/h4-6,8,11H,7H2,1-3H3. The lowest BCUT2D eigenvalue weighted by molar-refractivity contribution is 0.398. The summed E-state index contributed by atoms with van der Waals surface area (Å²) < 4.78 is 18.4. The number of benzene rings is 1. The predicted octanol–water partition coefficient (Wildman–Crippen LogP) is 3.97. The van der Waals surface area contributed by atoms with Gasteiger partial charge in [-0.05, 0) is 30.0 Å². The molecule has 0 aliphatic carbocycles. The summed E-state index contributed by atoms with van der Waals surface area (Å²) in [5, 5.41) is 0.810. The first-order valence-electron chi connectivity index (χ1n) is 4.99. The molecule has 15 heavy (non-hydrogen) atoms. The Morgan fingerprint density at radius 3 is 2.53 bits per heavy atom. The Kier molecular flexibility index (Phi) is 4.58. The molecule has 1 unspecified atom stereocenters. The van der Waals surface area contributed by atoms with Gasteiger partial charge in [0.05, 0.1) is 7.11 Å². The van der Waals surface area contributed by atoms with Gasteiger partial charge in [-0.15, -0.1) is 0 Å². The Morgan fingerprint density at radius 1 is 1.40 bits per heavy atom. The van der Waals surface area contributed by atoms with Gasteiger partial charge in [-0.3, -0.25) is 0 Å². The van der Waals surface area contributed by atoms with Gasteiger partial charge in [-0.1, -0.05) is 29.8 Å². The van der Waals surface area contributed by atoms with Crippen molar-refractivity contribution in [2.24, 2.45) is 5.92 Å². The molecular weight excluding hydrogens is 259 g/mol. The molecule has 0 fully saturated rings. The fraction of sp³-hybridized carbons (Fsp3) is 0.500. The number of halogens is 2. The first kappa shape index (κ1) is 12.5. The third kappa shape index (κ3) is 2.94. The molecular formula is C12H16BrFO. The van der Waals surface area contributed by atoms with Crippen LogP contribution in [0.15, 0.2) is 18.2 Å². The van der Waals surface area contributed by atoms with Gasteiger partial charge in [0.2, 0.25) is 0 Å². The summed E-state index contributed by atoms with van der Waals surface area (Å²) >= 11 is 3.46. The van der Waals surface area contributed by atoms with E-state index in [0.717, 1.165) is 16.6 Å². The summed E-state index contributed by atoms with van der Waals surface area (Å²) in [4.78, 5) is 0. The van der Waals surface area contributed by atoms with Gasteiger partial charge in [-0.25, -0.2) is 4.39 Å². The lowest BCUT2D eigenvalue weighted by atomic mass is 9.89. The second-order valence-corrected chi connectivity index (χ2v) is 4.54. The van der Waals surface area contributed by atoms with Crippen molar-refractivity contribution >= 4 is 15.9 Å². The summed E-state index contributed by atoms with van der Waals surface area (Å²) in [6.45, 7) is 4.24. The van der Waals surface area contributed by atoms with Crippen LogP contribution in [0, 0.1) is 11.7 Å². The molecule has 0 spiro atoms. The maximum absolute atomic E-state index is 13.2. The van der Waals surface area contributed by atoms with Crippen molar-refractivity contribution in [3.63, 3.8) is 0 Å². The van der Waals surface area contributed by atoms with Crippen molar-refractivity contribution in [1.82, 2.24) is 0 Å². The summed E-state index contributed by atoms with van der Waals surface area (Å²) in [5.41, 5.74) is 0.935.